The van der Waals surface area contributed by atoms with E-state index in [0.29, 0.717) is 42.6 Å². The van der Waals surface area contributed by atoms with E-state index in [9.17, 15) is 4.79 Å². The number of rotatable bonds is 5. The molecule has 0 saturated heterocycles. The molecule has 0 unspecified atom stereocenters. The highest BCUT2D eigenvalue weighted by Gasteiger charge is 2.20. The van der Waals surface area contributed by atoms with Gasteiger partial charge in [-0.2, -0.15) is 5.10 Å². The van der Waals surface area contributed by atoms with E-state index in [1.807, 2.05) is 54.6 Å². The van der Waals surface area contributed by atoms with Crippen LogP contribution in [-0.2, 0) is 13.2 Å². The molecule has 4 aromatic rings. The third-order valence-electron chi connectivity index (χ3n) is 4.90. The molecule has 1 amide bonds. The van der Waals surface area contributed by atoms with Crippen molar-refractivity contribution in [2.24, 2.45) is 0 Å². The second-order valence-electron chi connectivity index (χ2n) is 6.96. The molecule has 0 radical (unpaired) electrons. The molecular formula is C23H19N5O2. The molecule has 0 spiro atoms. The van der Waals surface area contributed by atoms with Crippen molar-refractivity contribution in [3.05, 3.63) is 84.2 Å². The lowest BCUT2D eigenvalue weighted by Gasteiger charge is -2.13. The molecule has 30 heavy (non-hydrogen) atoms. The quantitative estimate of drug-likeness (QED) is 0.559. The van der Waals surface area contributed by atoms with E-state index in [-0.39, 0.29) is 5.91 Å². The minimum Gasteiger partial charge on any atom is -0.489 e. The van der Waals surface area contributed by atoms with E-state index in [1.165, 1.54) is 0 Å². The Bertz CT molecular complexity index is 1190. The summed E-state index contributed by atoms with van der Waals surface area (Å²) in [6.45, 7) is 1.76. The molecule has 0 saturated carbocycles. The number of carbonyl (C=O) groups is 1. The van der Waals surface area contributed by atoms with Gasteiger partial charge in [0.1, 0.15) is 23.7 Å². The summed E-state index contributed by atoms with van der Waals surface area (Å²) in [6, 6.07) is 21.3. The number of benzene rings is 2. The van der Waals surface area contributed by atoms with Crippen molar-refractivity contribution in [3.63, 3.8) is 0 Å². The fraction of sp³-hybridized carbons (Fsp3) is 0.130. The number of hydrogen-bond donors (Lipinski definition) is 1. The normalized spacial score (nSPS) is 12.9. The van der Waals surface area contributed by atoms with E-state index in [4.69, 9.17) is 4.74 Å². The van der Waals surface area contributed by atoms with Gasteiger partial charge in [0, 0.05) is 18.3 Å². The van der Waals surface area contributed by atoms with Crippen LogP contribution in [0.5, 0.6) is 5.75 Å². The minimum absolute atomic E-state index is 0.111. The maximum atomic E-state index is 12.0. The number of nitrogens with zero attached hydrogens (tertiary/aromatic N) is 4. The number of nitrogens with one attached hydrogen (secondary N) is 1. The van der Waals surface area contributed by atoms with Gasteiger partial charge in [-0.15, -0.1) is 0 Å². The molecule has 1 aliphatic heterocycles. The lowest BCUT2D eigenvalue weighted by atomic mass is 10.2. The van der Waals surface area contributed by atoms with Crippen molar-refractivity contribution in [1.29, 1.82) is 0 Å². The molecule has 1 N–H and O–H groups in total. The van der Waals surface area contributed by atoms with Crippen LogP contribution in [0.15, 0.2) is 72.9 Å². The van der Waals surface area contributed by atoms with Crippen LogP contribution in [0.2, 0.25) is 0 Å². The number of hydrogen-bond acceptors (Lipinski definition) is 5. The van der Waals surface area contributed by atoms with Crippen LogP contribution in [0.25, 0.3) is 22.8 Å². The number of amides is 1. The van der Waals surface area contributed by atoms with E-state index in [0.717, 1.165) is 16.9 Å². The van der Waals surface area contributed by atoms with Gasteiger partial charge < -0.3 is 10.1 Å². The molecule has 2 aromatic carbocycles. The zero-order valence-electron chi connectivity index (χ0n) is 16.2. The molecule has 7 nitrogen and oxygen atoms in total. The van der Waals surface area contributed by atoms with Gasteiger partial charge in [-0.25, -0.2) is 9.97 Å². The van der Waals surface area contributed by atoms with Gasteiger partial charge in [0.25, 0.3) is 5.91 Å². The van der Waals surface area contributed by atoms with Crippen LogP contribution in [0, 0.1) is 0 Å². The highest BCUT2D eigenvalue weighted by molar-refractivity contribution is 5.94. The SMILES string of the molecule is O=C1NCCn2nc(-c3ccnc(-c4ccc(OCc5ccccc5)cc4)n3)cc21. The summed E-state index contributed by atoms with van der Waals surface area (Å²) in [5.41, 5.74) is 3.89. The maximum Gasteiger partial charge on any atom is 0.269 e. The molecule has 1 aliphatic rings. The first-order valence-electron chi connectivity index (χ1n) is 9.73. The zero-order valence-corrected chi connectivity index (χ0v) is 16.2. The Balaban J connectivity index is 1.35. The average molecular weight is 397 g/mol. The first-order valence-corrected chi connectivity index (χ1v) is 9.73. The van der Waals surface area contributed by atoms with Crippen molar-refractivity contribution in [1.82, 2.24) is 25.1 Å². The lowest BCUT2D eigenvalue weighted by Crippen LogP contribution is -2.35. The lowest BCUT2D eigenvalue weighted by molar-refractivity contribution is 0.0924. The molecule has 0 aliphatic carbocycles. The highest BCUT2D eigenvalue weighted by Crippen LogP contribution is 2.23. The van der Waals surface area contributed by atoms with Gasteiger partial charge >= 0.3 is 0 Å². The summed E-state index contributed by atoms with van der Waals surface area (Å²) in [5.74, 6) is 1.27. The first kappa shape index (κ1) is 18.1. The maximum absolute atomic E-state index is 12.0. The Morgan fingerprint density at radius 3 is 2.63 bits per heavy atom. The van der Waals surface area contributed by atoms with Crippen molar-refractivity contribution in [2.75, 3.05) is 6.54 Å². The standard InChI is InChI=1S/C23H19N5O2/c29-23-21-14-20(27-28(21)13-12-25-23)19-10-11-24-22(26-19)17-6-8-18(9-7-17)30-15-16-4-2-1-3-5-16/h1-11,14H,12-13,15H2,(H,25,29). The fourth-order valence-corrected chi connectivity index (χ4v) is 3.34. The molecule has 0 fully saturated rings. The van der Waals surface area contributed by atoms with Gasteiger partial charge in [-0.05, 0) is 42.0 Å². The smallest absolute Gasteiger partial charge is 0.269 e. The first-order chi connectivity index (χ1) is 14.8. The second-order valence-corrected chi connectivity index (χ2v) is 6.96. The van der Waals surface area contributed by atoms with Crippen molar-refractivity contribution in [3.8, 4) is 28.5 Å². The largest absolute Gasteiger partial charge is 0.489 e. The van der Waals surface area contributed by atoms with Crippen molar-refractivity contribution < 1.29 is 9.53 Å². The third-order valence-corrected chi connectivity index (χ3v) is 4.90. The second kappa shape index (κ2) is 7.79. The summed E-state index contributed by atoms with van der Waals surface area (Å²) in [5, 5.41) is 7.34. The van der Waals surface area contributed by atoms with Gasteiger partial charge in [0.2, 0.25) is 0 Å². The Morgan fingerprint density at radius 1 is 1.00 bits per heavy atom. The summed E-state index contributed by atoms with van der Waals surface area (Å²) in [7, 11) is 0. The van der Waals surface area contributed by atoms with E-state index < -0.39 is 0 Å². The topological polar surface area (TPSA) is 81.9 Å². The molecular weight excluding hydrogens is 378 g/mol. The number of carbonyl (C=O) groups excluding carboxylic acids is 1. The van der Waals surface area contributed by atoms with Gasteiger partial charge in [0.05, 0.1) is 12.2 Å². The van der Waals surface area contributed by atoms with Crippen LogP contribution >= 0.6 is 0 Å². The minimum atomic E-state index is -0.111. The Morgan fingerprint density at radius 2 is 1.83 bits per heavy atom. The molecule has 3 heterocycles. The van der Waals surface area contributed by atoms with Crippen LogP contribution in [0.4, 0.5) is 0 Å². The molecule has 0 bridgehead atoms. The van der Waals surface area contributed by atoms with E-state index >= 15 is 0 Å². The Labute approximate surface area is 173 Å². The van der Waals surface area contributed by atoms with Crippen LogP contribution in [-0.4, -0.2) is 32.2 Å². The number of aromatic nitrogens is 4. The summed E-state index contributed by atoms with van der Waals surface area (Å²) in [6.07, 6.45) is 1.70. The zero-order chi connectivity index (χ0) is 20.3. The number of ether oxygens (including phenoxy) is 1. The molecule has 2 aromatic heterocycles. The summed E-state index contributed by atoms with van der Waals surface area (Å²) < 4.78 is 7.56. The summed E-state index contributed by atoms with van der Waals surface area (Å²) >= 11 is 0. The highest BCUT2D eigenvalue weighted by atomic mass is 16.5. The predicted octanol–water partition coefficient (Wildman–Crippen LogP) is 3.33. The van der Waals surface area contributed by atoms with E-state index in [2.05, 4.69) is 20.4 Å². The Kier molecular flexibility index (Phi) is 4.69. The van der Waals surface area contributed by atoms with Gasteiger partial charge in [0.15, 0.2) is 5.82 Å². The Hall–Kier alpha value is -4.00. The van der Waals surface area contributed by atoms with Gasteiger partial charge in [-0.3, -0.25) is 9.48 Å². The number of fused-ring (bicyclic) bond motifs is 1. The van der Waals surface area contributed by atoms with Crippen molar-refractivity contribution in [2.45, 2.75) is 13.2 Å². The monoisotopic (exact) mass is 397 g/mol. The predicted molar refractivity (Wildman–Crippen MR) is 112 cm³/mol. The molecule has 148 valence electrons. The van der Waals surface area contributed by atoms with Gasteiger partial charge in [-0.1, -0.05) is 30.3 Å². The third kappa shape index (κ3) is 3.65. The molecule has 7 heteroatoms. The molecule has 5 rings (SSSR count). The average Bonchev–Trinajstić information content (AvgIpc) is 3.25. The summed E-state index contributed by atoms with van der Waals surface area (Å²) in [4.78, 5) is 21.0. The van der Waals surface area contributed by atoms with Crippen LogP contribution in [0.1, 0.15) is 16.1 Å². The van der Waals surface area contributed by atoms with E-state index in [1.54, 1.807) is 23.0 Å². The molecule has 0 atom stereocenters. The fourth-order valence-electron chi connectivity index (χ4n) is 3.34. The van der Waals surface area contributed by atoms with Crippen LogP contribution in [0.3, 0.4) is 0 Å². The van der Waals surface area contributed by atoms with Crippen LogP contribution < -0.4 is 10.1 Å². The van der Waals surface area contributed by atoms with Crippen molar-refractivity contribution >= 4 is 5.91 Å².